The number of esters is 1. The third-order valence-electron chi connectivity index (χ3n) is 7.27. The summed E-state index contributed by atoms with van der Waals surface area (Å²) in [5, 5.41) is 13.9. The molecule has 1 N–H and O–H groups in total. The molecule has 204 valence electrons. The van der Waals surface area contributed by atoms with Crippen LogP contribution in [0.1, 0.15) is 54.4 Å². The zero-order valence-corrected chi connectivity index (χ0v) is 22.4. The number of ether oxygens (including phenoxy) is 2. The first-order valence-electron chi connectivity index (χ1n) is 13.7. The third-order valence-corrected chi connectivity index (χ3v) is 7.27. The lowest BCUT2D eigenvalue weighted by Gasteiger charge is -2.35. The summed E-state index contributed by atoms with van der Waals surface area (Å²) in [6, 6.07) is 33.8. The topological polar surface area (TPSA) is 77.4 Å². The monoisotopic (exact) mass is 535 g/mol. The summed E-state index contributed by atoms with van der Waals surface area (Å²) in [5.41, 5.74) is 2.96. The van der Waals surface area contributed by atoms with E-state index in [1.807, 2.05) is 84.9 Å². The molecule has 40 heavy (non-hydrogen) atoms. The van der Waals surface area contributed by atoms with E-state index in [2.05, 4.69) is 5.16 Å². The molecule has 0 aliphatic heterocycles. The van der Waals surface area contributed by atoms with Crippen LogP contribution in [0.5, 0.6) is 11.5 Å². The van der Waals surface area contributed by atoms with Gasteiger partial charge in [0.2, 0.25) is 0 Å². The number of phenols is 1. The van der Waals surface area contributed by atoms with Gasteiger partial charge >= 0.3 is 5.97 Å². The van der Waals surface area contributed by atoms with Crippen LogP contribution in [0.3, 0.4) is 0 Å². The van der Waals surface area contributed by atoms with Crippen molar-refractivity contribution in [2.24, 2.45) is 5.16 Å². The van der Waals surface area contributed by atoms with E-state index in [4.69, 9.17) is 14.3 Å². The molecular formula is C34H33NO5. The van der Waals surface area contributed by atoms with E-state index in [0.717, 1.165) is 54.4 Å². The molecule has 6 nitrogen and oxygen atoms in total. The van der Waals surface area contributed by atoms with Gasteiger partial charge in [-0.25, -0.2) is 0 Å². The van der Waals surface area contributed by atoms with Gasteiger partial charge in [-0.2, -0.15) is 0 Å². The minimum Gasteiger partial charge on any atom is -0.508 e. The van der Waals surface area contributed by atoms with E-state index in [1.54, 1.807) is 12.1 Å². The molecule has 1 fully saturated rings. The Morgan fingerprint density at radius 3 is 1.95 bits per heavy atom. The minimum atomic E-state index is -0.735. The maximum absolute atomic E-state index is 13.6. The quantitative estimate of drug-likeness (QED) is 0.0800. The second-order valence-corrected chi connectivity index (χ2v) is 10.0. The SMILES string of the molecule is O=C(Oc1ccc(O)cc1)C1(c2ccc(C(=NOCc3ccccc3)OCc3ccccc3)cc2)CCCCC1. The molecule has 0 unspecified atom stereocenters. The summed E-state index contributed by atoms with van der Waals surface area (Å²) in [5.74, 6) is 0.646. The zero-order valence-electron chi connectivity index (χ0n) is 22.4. The number of phenolic OH excluding ortho intramolecular Hbond substituents is 1. The van der Waals surface area contributed by atoms with Gasteiger partial charge < -0.3 is 19.4 Å². The van der Waals surface area contributed by atoms with Crippen LogP contribution in [0.15, 0.2) is 114 Å². The van der Waals surface area contributed by atoms with Crippen LogP contribution >= 0.6 is 0 Å². The van der Waals surface area contributed by atoms with Gasteiger partial charge in [0.1, 0.15) is 24.7 Å². The molecule has 0 saturated heterocycles. The number of benzene rings is 4. The van der Waals surface area contributed by atoms with E-state index < -0.39 is 5.41 Å². The van der Waals surface area contributed by atoms with E-state index in [-0.39, 0.29) is 11.7 Å². The Morgan fingerprint density at radius 1 is 0.725 bits per heavy atom. The standard InChI is InChI=1S/C34H33NO5/c36-30-18-20-31(21-19-30)40-33(37)34(22-8-3-9-23-34)29-16-14-28(15-17-29)32(38-24-26-10-4-1-5-11-26)35-39-25-27-12-6-2-7-13-27/h1-2,4-7,10-21,36H,3,8-9,22-25H2. The molecule has 0 bridgehead atoms. The number of aromatic hydroxyl groups is 1. The van der Waals surface area contributed by atoms with Crippen molar-refractivity contribution in [2.45, 2.75) is 50.7 Å². The summed E-state index contributed by atoms with van der Waals surface area (Å²) in [6.45, 7) is 0.669. The van der Waals surface area contributed by atoms with Gasteiger partial charge in [-0.1, -0.05) is 92.1 Å². The van der Waals surface area contributed by atoms with E-state index >= 15 is 0 Å². The maximum atomic E-state index is 13.6. The van der Waals surface area contributed by atoms with Gasteiger partial charge in [-0.15, -0.1) is 0 Å². The molecule has 6 heteroatoms. The second kappa shape index (κ2) is 13.0. The van der Waals surface area contributed by atoms with Crippen LogP contribution < -0.4 is 4.74 Å². The molecule has 4 aromatic rings. The first kappa shape index (κ1) is 27.0. The molecule has 1 aliphatic rings. The van der Waals surface area contributed by atoms with Crippen molar-refractivity contribution in [3.63, 3.8) is 0 Å². The molecule has 0 radical (unpaired) electrons. The van der Waals surface area contributed by atoms with E-state index in [9.17, 15) is 9.90 Å². The number of rotatable bonds is 9. The highest BCUT2D eigenvalue weighted by molar-refractivity contribution is 5.94. The number of hydrogen-bond acceptors (Lipinski definition) is 6. The first-order chi connectivity index (χ1) is 19.6. The zero-order chi connectivity index (χ0) is 27.6. The lowest BCUT2D eigenvalue weighted by Crippen LogP contribution is -2.41. The Balaban J connectivity index is 1.37. The van der Waals surface area contributed by atoms with Crippen molar-refractivity contribution in [3.05, 3.63) is 131 Å². The molecule has 1 aliphatic carbocycles. The Kier molecular flexibility index (Phi) is 8.76. The van der Waals surface area contributed by atoms with Crippen LogP contribution in [0.4, 0.5) is 0 Å². The Bertz CT molecular complexity index is 1390. The highest BCUT2D eigenvalue weighted by Crippen LogP contribution is 2.41. The van der Waals surface area contributed by atoms with Crippen LogP contribution in [0, 0.1) is 0 Å². The summed E-state index contributed by atoms with van der Waals surface area (Å²) >= 11 is 0. The van der Waals surface area contributed by atoms with Gasteiger partial charge in [0.05, 0.1) is 5.41 Å². The summed E-state index contributed by atoms with van der Waals surface area (Å²) in [6.07, 6.45) is 4.43. The van der Waals surface area contributed by atoms with Gasteiger partial charge in [-0.05, 0) is 71.1 Å². The molecule has 0 amide bonds. The van der Waals surface area contributed by atoms with Gasteiger partial charge in [0.25, 0.3) is 5.90 Å². The predicted octanol–water partition coefficient (Wildman–Crippen LogP) is 7.29. The van der Waals surface area contributed by atoms with E-state index in [1.165, 1.54) is 12.1 Å². The molecule has 1 saturated carbocycles. The Labute approximate surface area is 234 Å². The second-order valence-electron chi connectivity index (χ2n) is 10.0. The number of hydrogen-bond donors (Lipinski definition) is 1. The highest BCUT2D eigenvalue weighted by Gasteiger charge is 2.43. The fraction of sp³-hybridized carbons (Fsp3) is 0.235. The lowest BCUT2D eigenvalue weighted by atomic mass is 9.69. The predicted molar refractivity (Wildman–Crippen MR) is 154 cm³/mol. The minimum absolute atomic E-state index is 0.127. The van der Waals surface area contributed by atoms with Gasteiger partial charge in [0, 0.05) is 5.56 Å². The van der Waals surface area contributed by atoms with Crippen molar-refractivity contribution < 1.29 is 24.2 Å². The first-order valence-corrected chi connectivity index (χ1v) is 13.7. The molecule has 0 aromatic heterocycles. The van der Waals surface area contributed by atoms with Crippen LogP contribution in [-0.2, 0) is 33.0 Å². The Hall–Kier alpha value is -4.58. The molecule has 0 atom stereocenters. The fourth-order valence-electron chi connectivity index (χ4n) is 5.04. The molecular weight excluding hydrogens is 502 g/mol. The van der Waals surface area contributed by atoms with Crippen molar-refractivity contribution in [1.29, 1.82) is 0 Å². The maximum Gasteiger partial charge on any atom is 0.321 e. The number of nitrogens with zero attached hydrogens (tertiary/aromatic N) is 1. The highest BCUT2D eigenvalue weighted by atomic mass is 16.6. The van der Waals surface area contributed by atoms with E-state index in [0.29, 0.717) is 24.9 Å². The third kappa shape index (κ3) is 6.70. The average Bonchev–Trinajstić information content (AvgIpc) is 3.01. The fourth-order valence-corrected chi connectivity index (χ4v) is 5.04. The number of carbonyl (C=O) groups excluding carboxylic acids is 1. The van der Waals surface area contributed by atoms with Crippen molar-refractivity contribution in [1.82, 2.24) is 0 Å². The van der Waals surface area contributed by atoms with Gasteiger partial charge in [-0.3, -0.25) is 4.79 Å². The molecule has 5 rings (SSSR count). The molecule has 0 heterocycles. The van der Waals surface area contributed by atoms with Crippen LogP contribution in [0.2, 0.25) is 0 Å². The number of carbonyl (C=O) groups is 1. The van der Waals surface area contributed by atoms with Crippen molar-refractivity contribution in [2.75, 3.05) is 0 Å². The molecule has 4 aromatic carbocycles. The smallest absolute Gasteiger partial charge is 0.321 e. The van der Waals surface area contributed by atoms with Crippen LogP contribution in [0.25, 0.3) is 0 Å². The van der Waals surface area contributed by atoms with Crippen molar-refractivity contribution in [3.8, 4) is 11.5 Å². The van der Waals surface area contributed by atoms with Crippen LogP contribution in [-0.4, -0.2) is 17.0 Å². The largest absolute Gasteiger partial charge is 0.508 e. The number of oxime groups is 1. The molecule has 0 spiro atoms. The van der Waals surface area contributed by atoms with Crippen molar-refractivity contribution >= 4 is 11.9 Å². The van der Waals surface area contributed by atoms with Gasteiger partial charge in [0.15, 0.2) is 0 Å². The Morgan fingerprint density at radius 2 is 1.32 bits per heavy atom. The summed E-state index contributed by atoms with van der Waals surface area (Å²) in [4.78, 5) is 19.3. The summed E-state index contributed by atoms with van der Waals surface area (Å²) in [7, 11) is 0. The summed E-state index contributed by atoms with van der Waals surface area (Å²) < 4.78 is 11.9. The lowest BCUT2D eigenvalue weighted by molar-refractivity contribution is -0.142. The normalized spacial score (nSPS) is 14.8. The average molecular weight is 536 g/mol.